The molecule has 0 spiro atoms. The molecule has 272 valence electrons. The second-order valence-corrected chi connectivity index (χ2v) is 11.9. The maximum Gasteiger partial charge on any atom is 0.417 e. The number of benzene rings is 2. The van der Waals surface area contributed by atoms with E-state index in [0.717, 1.165) is 41.9 Å². The number of aryl methyl sites for hydroxylation is 1. The van der Waals surface area contributed by atoms with Crippen molar-refractivity contribution in [3.63, 3.8) is 0 Å². The van der Waals surface area contributed by atoms with Gasteiger partial charge in [-0.05, 0) is 106 Å². The summed E-state index contributed by atoms with van der Waals surface area (Å²) in [5, 5.41) is 10.1. The van der Waals surface area contributed by atoms with Crippen molar-refractivity contribution in [2.45, 2.75) is 47.2 Å². The fourth-order valence-electron chi connectivity index (χ4n) is 6.38. The molecule has 0 fully saturated rings. The Kier molecular flexibility index (Phi) is 11.4. The van der Waals surface area contributed by atoms with Gasteiger partial charge in [-0.25, -0.2) is 19.7 Å². The van der Waals surface area contributed by atoms with Crippen LogP contribution in [0.4, 0.5) is 24.5 Å². The molecule has 0 atom stereocenters. The summed E-state index contributed by atoms with van der Waals surface area (Å²) in [6.45, 7) is 20.0. The molecule has 4 aromatic rings. The molecular weight excluding hydrogens is 685 g/mol. The van der Waals surface area contributed by atoms with Crippen LogP contribution in [0.3, 0.4) is 0 Å². The summed E-state index contributed by atoms with van der Waals surface area (Å²) in [6.07, 6.45) is 3.27. The maximum absolute atomic E-state index is 14.6. The number of alkyl halides is 3. The van der Waals surface area contributed by atoms with Crippen LogP contribution in [-0.4, -0.2) is 26.2 Å². The summed E-state index contributed by atoms with van der Waals surface area (Å²) in [5.74, 6) is -0.00394. The van der Waals surface area contributed by atoms with Crippen LogP contribution in [-0.2, 0) is 17.3 Å². The van der Waals surface area contributed by atoms with Crippen LogP contribution in [0.2, 0.25) is 0 Å². The molecule has 0 bridgehead atoms. The summed E-state index contributed by atoms with van der Waals surface area (Å²) >= 11 is 0. The van der Waals surface area contributed by atoms with E-state index in [4.69, 9.17) is 20.1 Å². The standard InChI is InChI=1S/C41H37F3N4O5/c1-7-30-31-16-12-26(47(8-2)9-3)22-36(31)52-39(49)32(30)18-14-28-20-25(35(24-45)46-6)21-29(51-28)15-19-34-38(41(42,43)44)33-17-13-27(48(10-4)11-5)23-37(33)53-40(34)50/h12-23H,7-11H2,1-5H3. The summed E-state index contributed by atoms with van der Waals surface area (Å²) < 4.78 is 60.8. The van der Waals surface area contributed by atoms with Crippen molar-refractivity contribution < 1.29 is 26.7 Å². The lowest BCUT2D eigenvalue weighted by molar-refractivity contribution is -0.136. The predicted molar refractivity (Wildman–Crippen MR) is 201 cm³/mol. The van der Waals surface area contributed by atoms with Crippen molar-refractivity contribution >= 4 is 45.5 Å². The highest BCUT2D eigenvalue weighted by molar-refractivity contribution is 5.88. The topological polar surface area (TPSA) is 104 Å². The number of halogens is 3. The SMILES string of the molecule is [C-]#[N+]C(C#N)=C1C=C(C=Cc2c(CC)c3ccc(N(CC)CC)cc3oc2=O)OC(C=Cc2c(C(F)(F)F)c3ccc(N(CC)CC)cc3oc2=O)=C1. The van der Waals surface area contributed by atoms with E-state index in [1.54, 1.807) is 12.1 Å². The quantitative estimate of drug-likeness (QED) is 0.0857. The largest absolute Gasteiger partial charge is 0.457 e. The van der Waals surface area contributed by atoms with Gasteiger partial charge in [0.05, 0.1) is 29.3 Å². The Labute approximate surface area is 304 Å². The molecule has 12 heteroatoms. The van der Waals surface area contributed by atoms with E-state index < -0.39 is 28.6 Å². The van der Waals surface area contributed by atoms with E-state index in [-0.39, 0.29) is 39.3 Å². The number of hydrogen-bond donors (Lipinski definition) is 0. The molecule has 2 aromatic heterocycles. The first-order valence-corrected chi connectivity index (χ1v) is 17.2. The van der Waals surface area contributed by atoms with Crippen LogP contribution >= 0.6 is 0 Å². The second kappa shape index (κ2) is 16.0. The van der Waals surface area contributed by atoms with Gasteiger partial charge in [0, 0.05) is 60.5 Å². The Balaban J connectivity index is 1.56. The predicted octanol–water partition coefficient (Wildman–Crippen LogP) is 9.39. The molecule has 3 heterocycles. The van der Waals surface area contributed by atoms with E-state index in [1.165, 1.54) is 36.4 Å². The lowest BCUT2D eigenvalue weighted by Gasteiger charge is -2.21. The molecule has 2 aromatic carbocycles. The minimum Gasteiger partial charge on any atom is -0.457 e. The minimum absolute atomic E-state index is 0.0718. The Morgan fingerprint density at radius 2 is 1.28 bits per heavy atom. The third-order valence-electron chi connectivity index (χ3n) is 9.01. The van der Waals surface area contributed by atoms with Crippen molar-refractivity contribution in [2.75, 3.05) is 36.0 Å². The van der Waals surface area contributed by atoms with Gasteiger partial charge in [-0.1, -0.05) is 6.92 Å². The normalized spacial score (nSPS) is 14.2. The number of ether oxygens (including phenoxy) is 1. The maximum atomic E-state index is 14.6. The number of nitrogens with zero attached hydrogens (tertiary/aromatic N) is 4. The van der Waals surface area contributed by atoms with Gasteiger partial charge >= 0.3 is 17.4 Å². The highest BCUT2D eigenvalue weighted by Gasteiger charge is 2.37. The second-order valence-electron chi connectivity index (χ2n) is 11.9. The Morgan fingerprint density at radius 3 is 1.75 bits per heavy atom. The fourth-order valence-corrected chi connectivity index (χ4v) is 6.38. The minimum atomic E-state index is -4.92. The fraction of sp³-hybridized carbons (Fsp3) is 0.268. The Bertz CT molecular complexity index is 2410. The smallest absolute Gasteiger partial charge is 0.417 e. The van der Waals surface area contributed by atoms with E-state index in [0.29, 0.717) is 30.8 Å². The number of nitriles is 1. The first-order chi connectivity index (χ1) is 25.4. The summed E-state index contributed by atoms with van der Waals surface area (Å²) in [5.41, 5.74) is -1.16. The Morgan fingerprint density at radius 1 is 0.792 bits per heavy atom. The average Bonchev–Trinajstić information content (AvgIpc) is 3.13. The molecule has 53 heavy (non-hydrogen) atoms. The highest BCUT2D eigenvalue weighted by Crippen LogP contribution is 2.38. The van der Waals surface area contributed by atoms with E-state index in [9.17, 15) is 28.0 Å². The van der Waals surface area contributed by atoms with E-state index in [1.807, 2.05) is 57.7 Å². The van der Waals surface area contributed by atoms with Gasteiger partial charge in [0.25, 0.3) is 5.70 Å². The van der Waals surface area contributed by atoms with Gasteiger partial charge < -0.3 is 23.4 Å². The van der Waals surface area contributed by atoms with Crippen LogP contribution in [0.15, 0.2) is 102 Å². The lowest BCUT2D eigenvalue weighted by Crippen LogP contribution is -2.22. The van der Waals surface area contributed by atoms with Crippen LogP contribution in [0.1, 0.15) is 56.9 Å². The van der Waals surface area contributed by atoms with Gasteiger partial charge in [0.1, 0.15) is 22.7 Å². The molecule has 0 saturated carbocycles. The monoisotopic (exact) mass is 722 g/mol. The van der Waals surface area contributed by atoms with Crippen molar-refractivity contribution in [1.29, 1.82) is 5.26 Å². The van der Waals surface area contributed by atoms with Gasteiger partial charge in [0.15, 0.2) is 0 Å². The van der Waals surface area contributed by atoms with Gasteiger partial charge in [0.2, 0.25) is 0 Å². The zero-order valence-corrected chi connectivity index (χ0v) is 29.9. The highest BCUT2D eigenvalue weighted by atomic mass is 19.4. The molecule has 0 aliphatic carbocycles. The molecule has 0 saturated heterocycles. The molecule has 0 radical (unpaired) electrons. The van der Waals surface area contributed by atoms with Crippen molar-refractivity contribution in [2.24, 2.45) is 0 Å². The molecule has 5 rings (SSSR count). The third-order valence-corrected chi connectivity index (χ3v) is 9.01. The lowest BCUT2D eigenvalue weighted by atomic mass is 10.0. The number of allylic oxidation sites excluding steroid dienone is 6. The van der Waals surface area contributed by atoms with Crippen LogP contribution in [0.25, 0.3) is 38.9 Å². The van der Waals surface area contributed by atoms with E-state index >= 15 is 0 Å². The van der Waals surface area contributed by atoms with E-state index in [2.05, 4.69) is 9.74 Å². The van der Waals surface area contributed by atoms with Gasteiger partial charge in [-0.2, -0.15) is 13.2 Å². The van der Waals surface area contributed by atoms with Crippen LogP contribution in [0, 0.1) is 17.9 Å². The van der Waals surface area contributed by atoms with Gasteiger partial charge in [-0.15, -0.1) is 0 Å². The summed E-state index contributed by atoms with van der Waals surface area (Å²) in [7, 11) is 0. The first-order valence-electron chi connectivity index (χ1n) is 17.2. The molecule has 1 aliphatic rings. The zero-order chi connectivity index (χ0) is 38.4. The number of hydrogen-bond acceptors (Lipinski definition) is 8. The first kappa shape index (κ1) is 38.0. The van der Waals surface area contributed by atoms with Crippen molar-refractivity contribution in [1.82, 2.24) is 0 Å². The molecule has 0 unspecified atom stereocenters. The molecule has 9 nitrogen and oxygen atoms in total. The molecule has 1 aliphatic heterocycles. The summed E-state index contributed by atoms with van der Waals surface area (Å²) in [4.78, 5) is 33.7. The molecular formula is C41H37F3N4O5. The van der Waals surface area contributed by atoms with Crippen molar-refractivity contribution in [3.05, 3.63) is 138 Å². The number of anilines is 2. The number of fused-ring (bicyclic) bond motifs is 2. The number of rotatable bonds is 11. The van der Waals surface area contributed by atoms with Crippen molar-refractivity contribution in [3.8, 4) is 6.07 Å². The third kappa shape index (κ3) is 7.82. The van der Waals surface area contributed by atoms with Crippen LogP contribution in [0.5, 0.6) is 0 Å². The molecule has 0 N–H and O–H groups in total. The Hall–Kier alpha value is -6.27. The van der Waals surface area contributed by atoms with Crippen LogP contribution < -0.4 is 21.1 Å². The summed E-state index contributed by atoms with van der Waals surface area (Å²) in [6, 6.07) is 11.7. The zero-order valence-electron chi connectivity index (χ0n) is 29.9. The molecule has 0 amide bonds. The van der Waals surface area contributed by atoms with Gasteiger partial charge in [-0.3, -0.25) is 0 Å². The average molecular weight is 723 g/mol.